The summed E-state index contributed by atoms with van der Waals surface area (Å²) in [5.74, 6) is 0.286. The fourth-order valence-electron chi connectivity index (χ4n) is 2.52. The second-order valence-corrected chi connectivity index (χ2v) is 6.63. The average Bonchev–Trinajstić information content (AvgIpc) is 3.03. The molecule has 1 N–H and O–H groups in total. The van der Waals surface area contributed by atoms with E-state index >= 15 is 0 Å². The smallest absolute Gasteiger partial charge is 0.265 e. The zero-order valence-electron chi connectivity index (χ0n) is 10.9. The van der Waals surface area contributed by atoms with Gasteiger partial charge in [-0.25, -0.2) is 0 Å². The molecule has 6 heteroatoms. The Morgan fingerprint density at radius 2 is 2.00 bits per heavy atom. The van der Waals surface area contributed by atoms with Crippen molar-refractivity contribution in [2.75, 3.05) is 5.75 Å². The van der Waals surface area contributed by atoms with Gasteiger partial charge in [0.15, 0.2) is 5.76 Å². The van der Waals surface area contributed by atoms with Crippen LogP contribution in [0.3, 0.4) is 0 Å². The summed E-state index contributed by atoms with van der Waals surface area (Å²) < 4.78 is 35.4. The van der Waals surface area contributed by atoms with Gasteiger partial charge in [0.2, 0.25) is 0 Å². The highest BCUT2D eigenvalue weighted by atomic mass is 32.2. The Morgan fingerprint density at radius 1 is 1.20 bits per heavy atom. The van der Waals surface area contributed by atoms with Crippen LogP contribution in [0.1, 0.15) is 23.2 Å². The minimum atomic E-state index is -3.97. The molecule has 1 aromatic carbocycles. The van der Waals surface area contributed by atoms with Crippen molar-refractivity contribution in [2.24, 2.45) is 0 Å². The summed E-state index contributed by atoms with van der Waals surface area (Å²) in [6.07, 6.45) is 3.56. The largest absolute Gasteiger partial charge is 0.356 e. The number of fused-ring (bicyclic) bond motifs is 1. The second kappa shape index (κ2) is 5.03. The first-order valence-electron chi connectivity index (χ1n) is 6.54. The molecule has 0 unspecified atom stereocenters. The first-order valence-corrected chi connectivity index (χ1v) is 8.15. The number of aromatic nitrogens is 1. The predicted molar refractivity (Wildman–Crippen MR) is 74.1 cm³/mol. The third-order valence-electron chi connectivity index (χ3n) is 3.56. The third kappa shape index (κ3) is 2.91. The van der Waals surface area contributed by atoms with Gasteiger partial charge in [-0.2, -0.15) is 8.42 Å². The Labute approximate surface area is 117 Å². The van der Waals surface area contributed by atoms with E-state index in [0.717, 1.165) is 18.4 Å². The highest BCUT2D eigenvalue weighted by molar-refractivity contribution is 7.85. The van der Waals surface area contributed by atoms with Crippen LogP contribution < -0.4 is 0 Å². The van der Waals surface area contributed by atoms with Crippen LogP contribution >= 0.6 is 0 Å². The summed E-state index contributed by atoms with van der Waals surface area (Å²) in [5.41, 5.74) is 4.22. The molecule has 0 spiro atoms. The monoisotopic (exact) mass is 293 g/mol. The standard InChI is InChI=1S/C14H15NO4S/c16-20(17,18)7-6-13-9-14(19-15-13)12-5-4-10-2-1-3-11(10)8-12/h4-5,8-9H,1-3,6-7H2,(H,16,17,18). The second-order valence-electron chi connectivity index (χ2n) is 5.06. The lowest BCUT2D eigenvalue weighted by Crippen LogP contribution is -2.06. The lowest BCUT2D eigenvalue weighted by molar-refractivity contribution is 0.423. The minimum Gasteiger partial charge on any atom is -0.356 e. The van der Waals surface area contributed by atoms with Gasteiger partial charge < -0.3 is 4.52 Å². The van der Waals surface area contributed by atoms with Gasteiger partial charge in [-0.15, -0.1) is 0 Å². The highest BCUT2D eigenvalue weighted by Crippen LogP contribution is 2.28. The number of hydrogen-bond donors (Lipinski definition) is 1. The lowest BCUT2D eigenvalue weighted by Gasteiger charge is -2.00. The molecule has 1 heterocycles. The first kappa shape index (κ1) is 13.3. The molecule has 0 amide bonds. The number of hydrogen-bond acceptors (Lipinski definition) is 4. The number of nitrogens with zero attached hydrogens (tertiary/aromatic N) is 1. The predicted octanol–water partition coefficient (Wildman–Crippen LogP) is 2.26. The van der Waals surface area contributed by atoms with Crippen molar-refractivity contribution in [3.8, 4) is 11.3 Å². The van der Waals surface area contributed by atoms with E-state index < -0.39 is 10.1 Å². The van der Waals surface area contributed by atoms with Gasteiger partial charge in [-0.3, -0.25) is 4.55 Å². The van der Waals surface area contributed by atoms with Crippen molar-refractivity contribution in [3.63, 3.8) is 0 Å². The van der Waals surface area contributed by atoms with Crippen molar-refractivity contribution >= 4 is 10.1 Å². The van der Waals surface area contributed by atoms with Gasteiger partial charge in [-0.1, -0.05) is 17.3 Å². The maximum Gasteiger partial charge on any atom is 0.265 e. The van der Waals surface area contributed by atoms with E-state index in [0.29, 0.717) is 11.5 Å². The Morgan fingerprint density at radius 3 is 2.80 bits per heavy atom. The Bertz CT molecular complexity index is 733. The molecular formula is C14H15NO4S. The molecule has 1 aromatic heterocycles. The molecule has 0 aliphatic heterocycles. The topological polar surface area (TPSA) is 80.4 Å². The highest BCUT2D eigenvalue weighted by Gasteiger charge is 2.14. The number of benzene rings is 1. The SMILES string of the molecule is O=S(=O)(O)CCc1cc(-c2ccc3c(c2)CCC3)on1. The molecule has 1 aliphatic rings. The molecule has 3 rings (SSSR count). The maximum absolute atomic E-state index is 10.7. The molecule has 0 saturated heterocycles. The van der Waals surface area contributed by atoms with Crippen LogP contribution in [0.5, 0.6) is 0 Å². The summed E-state index contributed by atoms with van der Waals surface area (Å²) in [5, 5.41) is 3.84. The zero-order chi connectivity index (χ0) is 14.2. The van der Waals surface area contributed by atoms with Crippen LogP contribution in [0.25, 0.3) is 11.3 Å². The molecule has 0 fully saturated rings. The van der Waals surface area contributed by atoms with Gasteiger partial charge in [0.05, 0.1) is 11.4 Å². The summed E-state index contributed by atoms with van der Waals surface area (Å²) in [6, 6.07) is 7.94. The first-order chi connectivity index (χ1) is 9.51. The van der Waals surface area contributed by atoms with Crippen molar-refractivity contribution in [1.82, 2.24) is 5.16 Å². The van der Waals surface area contributed by atoms with E-state index in [9.17, 15) is 8.42 Å². The van der Waals surface area contributed by atoms with Crippen LogP contribution in [0.15, 0.2) is 28.8 Å². The average molecular weight is 293 g/mol. The van der Waals surface area contributed by atoms with Gasteiger partial charge in [0.1, 0.15) is 0 Å². The summed E-state index contributed by atoms with van der Waals surface area (Å²) >= 11 is 0. The lowest BCUT2D eigenvalue weighted by atomic mass is 10.0. The molecule has 2 aromatic rings. The van der Waals surface area contributed by atoms with Crippen molar-refractivity contribution in [3.05, 3.63) is 41.1 Å². The molecule has 1 aliphatic carbocycles. The van der Waals surface area contributed by atoms with E-state index in [1.165, 1.54) is 17.5 Å². The number of rotatable bonds is 4. The van der Waals surface area contributed by atoms with Crippen LogP contribution in [-0.4, -0.2) is 23.9 Å². The molecule has 5 nitrogen and oxygen atoms in total. The molecule has 0 radical (unpaired) electrons. The Balaban J connectivity index is 1.80. The minimum absolute atomic E-state index is 0.146. The van der Waals surface area contributed by atoms with E-state index in [2.05, 4.69) is 17.3 Å². The molecule has 0 bridgehead atoms. The third-order valence-corrected chi connectivity index (χ3v) is 4.28. The van der Waals surface area contributed by atoms with E-state index in [1.807, 2.05) is 6.07 Å². The van der Waals surface area contributed by atoms with Gasteiger partial charge in [0, 0.05) is 18.1 Å². The molecule has 0 saturated carbocycles. The summed E-state index contributed by atoms with van der Waals surface area (Å²) in [7, 11) is -3.97. The van der Waals surface area contributed by atoms with Crippen LogP contribution in [0, 0.1) is 0 Å². The number of aryl methyl sites for hydroxylation is 3. The Kier molecular flexibility index (Phi) is 3.35. The zero-order valence-corrected chi connectivity index (χ0v) is 11.7. The molecule has 106 valence electrons. The molecule has 0 atom stereocenters. The summed E-state index contributed by atoms with van der Waals surface area (Å²) in [4.78, 5) is 0. The van der Waals surface area contributed by atoms with E-state index in [-0.39, 0.29) is 12.2 Å². The van der Waals surface area contributed by atoms with Crippen molar-refractivity contribution in [2.45, 2.75) is 25.7 Å². The fourth-order valence-corrected chi connectivity index (χ4v) is 2.99. The normalized spacial score (nSPS) is 14.4. The maximum atomic E-state index is 10.7. The van der Waals surface area contributed by atoms with Crippen LogP contribution in [0.2, 0.25) is 0 Å². The van der Waals surface area contributed by atoms with Gasteiger partial charge >= 0.3 is 0 Å². The van der Waals surface area contributed by atoms with Crippen molar-refractivity contribution < 1.29 is 17.5 Å². The van der Waals surface area contributed by atoms with Crippen LogP contribution in [0.4, 0.5) is 0 Å². The van der Waals surface area contributed by atoms with E-state index in [1.54, 1.807) is 6.07 Å². The van der Waals surface area contributed by atoms with Gasteiger partial charge in [-0.05, 0) is 36.5 Å². The fraction of sp³-hybridized carbons (Fsp3) is 0.357. The quantitative estimate of drug-likeness (QED) is 0.875. The van der Waals surface area contributed by atoms with Gasteiger partial charge in [0.25, 0.3) is 10.1 Å². The molecular weight excluding hydrogens is 278 g/mol. The molecule has 20 heavy (non-hydrogen) atoms. The van der Waals surface area contributed by atoms with Crippen LogP contribution in [-0.2, 0) is 29.4 Å². The summed E-state index contributed by atoms with van der Waals surface area (Å²) in [6.45, 7) is 0. The van der Waals surface area contributed by atoms with Crippen molar-refractivity contribution in [1.29, 1.82) is 0 Å². The van der Waals surface area contributed by atoms with E-state index in [4.69, 9.17) is 9.08 Å². The Hall–Kier alpha value is -1.66.